The molecule has 1 heterocycles. The standard InChI is InChI=1S/C19H15O2PSe/c20-22(23-14-15-8-2-1-3-9-15)19-13-7-5-11-17(19)16-10-4-6-12-18(16)21-22/h1-13H,14H2. The first-order chi connectivity index (χ1) is 11.3. The fourth-order valence-corrected chi connectivity index (χ4v) is 9.63. The van der Waals surface area contributed by atoms with Gasteiger partial charge in [-0.2, -0.15) is 0 Å². The molecule has 0 saturated heterocycles. The van der Waals surface area contributed by atoms with Crippen LogP contribution in [-0.4, -0.2) is 14.5 Å². The molecule has 0 N–H and O–H groups in total. The quantitative estimate of drug-likeness (QED) is 0.491. The molecule has 0 bridgehead atoms. The van der Waals surface area contributed by atoms with E-state index in [1.165, 1.54) is 5.56 Å². The molecule has 3 aromatic rings. The molecule has 4 heteroatoms. The van der Waals surface area contributed by atoms with Crippen LogP contribution >= 0.6 is 6.06 Å². The van der Waals surface area contributed by atoms with Gasteiger partial charge in [-0.25, -0.2) is 0 Å². The number of hydrogen-bond donors (Lipinski definition) is 0. The van der Waals surface area contributed by atoms with Gasteiger partial charge in [-0.1, -0.05) is 0 Å². The fraction of sp³-hybridized carbons (Fsp3) is 0.0526. The molecule has 0 radical (unpaired) electrons. The van der Waals surface area contributed by atoms with Gasteiger partial charge in [0.25, 0.3) is 0 Å². The second-order valence-electron chi connectivity index (χ2n) is 5.36. The van der Waals surface area contributed by atoms with Crippen LogP contribution in [0.1, 0.15) is 5.56 Å². The average Bonchev–Trinajstić information content (AvgIpc) is 2.61. The van der Waals surface area contributed by atoms with Crippen LogP contribution in [0.2, 0.25) is 0 Å². The Morgan fingerprint density at radius 1 is 0.783 bits per heavy atom. The zero-order valence-electron chi connectivity index (χ0n) is 12.4. The van der Waals surface area contributed by atoms with Gasteiger partial charge in [0.2, 0.25) is 0 Å². The number of para-hydroxylation sites is 1. The van der Waals surface area contributed by atoms with Crippen molar-refractivity contribution in [3.05, 3.63) is 84.4 Å². The Bertz CT molecular complexity index is 893. The Labute approximate surface area is 141 Å². The summed E-state index contributed by atoms with van der Waals surface area (Å²) in [5.41, 5.74) is 3.29. The number of hydrogen-bond acceptors (Lipinski definition) is 2. The molecular formula is C19H15O2PSe. The van der Waals surface area contributed by atoms with Gasteiger partial charge in [0.1, 0.15) is 0 Å². The van der Waals surface area contributed by atoms with Crippen LogP contribution in [0.25, 0.3) is 11.1 Å². The molecule has 23 heavy (non-hydrogen) atoms. The molecule has 1 aliphatic rings. The van der Waals surface area contributed by atoms with Crippen LogP contribution in [-0.2, 0) is 9.88 Å². The van der Waals surface area contributed by atoms with E-state index >= 15 is 0 Å². The van der Waals surface area contributed by atoms with Crippen molar-refractivity contribution < 1.29 is 9.09 Å². The van der Waals surface area contributed by atoms with Crippen LogP contribution < -0.4 is 9.83 Å². The van der Waals surface area contributed by atoms with Gasteiger partial charge in [0.05, 0.1) is 0 Å². The van der Waals surface area contributed by atoms with Crippen LogP contribution in [0.4, 0.5) is 0 Å². The molecule has 1 unspecified atom stereocenters. The van der Waals surface area contributed by atoms with E-state index in [4.69, 9.17) is 4.52 Å². The Balaban J connectivity index is 1.74. The third kappa shape index (κ3) is 2.77. The molecule has 1 aliphatic heterocycles. The van der Waals surface area contributed by atoms with E-state index in [0.29, 0.717) is 0 Å². The van der Waals surface area contributed by atoms with Crippen molar-refractivity contribution in [2.45, 2.75) is 5.32 Å². The van der Waals surface area contributed by atoms with Crippen molar-refractivity contribution in [2.24, 2.45) is 0 Å². The molecule has 2 nitrogen and oxygen atoms in total. The third-order valence-corrected chi connectivity index (χ3v) is 11.1. The molecule has 0 amide bonds. The Morgan fingerprint density at radius 2 is 1.43 bits per heavy atom. The summed E-state index contributed by atoms with van der Waals surface area (Å²) in [5, 5.41) is 1.68. The molecule has 1 atom stereocenters. The summed E-state index contributed by atoms with van der Waals surface area (Å²) in [5.74, 6) is 0.740. The first kappa shape index (κ1) is 14.8. The summed E-state index contributed by atoms with van der Waals surface area (Å²) in [7, 11) is 0. The van der Waals surface area contributed by atoms with Gasteiger partial charge < -0.3 is 0 Å². The molecule has 3 aromatic carbocycles. The minimum absolute atomic E-state index is 0.141. The number of fused-ring (bicyclic) bond motifs is 3. The summed E-state index contributed by atoms with van der Waals surface area (Å²) in [6.07, 6.45) is 0. The number of rotatable bonds is 3. The van der Waals surface area contributed by atoms with E-state index < -0.39 is 6.06 Å². The van der Waals surface area contributed by atoms with Crippen LogP contribution in [0.3, 0.4) is 0 Å². The zero-order valence-corrected chi connectivity index (χ0v) is 15.0. The molecule has 0 aliphatic carbocycles. The van der Waals surface area contributed by atoms with Gasteiger partial charge in [-0.05, 0) is 0 Å². The van der Waals surface area contributed by atoms with Crippen molar-refractivity contribution in [1.82, 2.24) is 0 Å². The second kappa shape index (κ2) is 6.02. The predicted octanol–water partition coefficient (Wildman–Crippen LogP) is 4.47. The molecule has 4 rings (SSSR count). The summed E-state index contributed by atoms with van der Waals surface area (Å²) >= 11 is -0.141. The van der Waals surface area contributed by atoms with Crippen molar-refractivity contribution in [3.8, 4) is 16.9 Å². The van der Waals surface area contributed by atoms with Gasteiger partial charge in [-0.3, -0.25) is 0 Å². The van der Waals surface area contributed by atoms with Gasteiger partial charge >= 0.3 is 142 Å². The second-order valence-corrected chi connectivity index (χ2v) is 12.5. The summed E-state index contributed by atoms with van der Waals surface area (Å²) in [4.78, 5) is 0. The summed E-state index contributed by atoms with van der Waals surface area (Å²) < 4.78 is 19.6. The van der Waals surface area contributed by atoms with Gasteiger partial charge in [0, 0.05) is 0 Å². The topological polar surface area (TPSA) is 26.3 Å². The Hall–Kier alpha value is -1.79. The van der Waals surface area contributed by atoms with Gasteiger partial charge in [-0.15, -0.1) is 0 Å². The maximum absolute atomic E-state index is 13.6. The molecule has 0 spiro atoms. The minimum atomic E-state index is -2.84. The van der Waals surface area contributed by atoms with E-state index in [1.807, 2.05) is 66.7 Å². The van der Waals surface area contributed by atoms with Crippen molar-refractivity contribution in [2.75, 3.05) is 0 Å². The molecule has 0 saturated carbocycles. The normalized spacial score (nSPS) is 18.6. The van der Waals surface area contributed by atoms with E-state index in [1.54, 1.807) is 0 Å². The Kier molecular flexibility index (Phi) is 3.87. The predicted molar refractivity (Wildman–Crippen MR) is 95.6 cm³/mol. The Morgan fingerprint density at radius 3 is 2.26 bits per heavy atom. The maximum atomic E-state index is 13.6. The molecule has 0 aromatic heterocycles. The first-order valence-electron chi connectivity index (χ1n) is 7.43. The van der Waals surface area contributed by atoms with E-state index in [0.717, 1.165) is 27.5 Å². The van der Waals surface area contributed by atoms with E-state index in [2.05, 4.69) is 12.1 Å². The molecule has 0 fully saturated rings. The average molecular weight is 385 g/mol. The summed E-state index contributed by atoms with van der Waals surface area (Å²) in [6.45, 7) is 0. The summed E-state index contributed by atoms with van der Waals surface area (Å²) in [6, 6.07) is 23.2. The van der Waals surface area contributed by atoms with Crippen molar-refractivity contribution in [1.29, 1.82) is 0 Å². The third-order valence-electron chi connectivity index (χ3n) is 3.84. The molecule has 114 valence electrons. The fourth-order valence-electron chi connectivity index (χ4n) is 2.72. The SMILES string of the molecule is O=P1([Se]Cc2ccccc2)Oc2ccccc2-c2ccccc21. The van der Waals surface area contributed by atoms with Gasteiger partial charge in [0.15, 0.2) is 0 Å². The van der Waals surface area contributed by atoms with E-state index in [9.17, 15) is 4.57 Å². The van der Waals surface area contributed by atoms with Crippen molar-refractivity contribution in [3.63, 3.8) is 0 Å². The monoisotopic (exact) mass is 386 g/mol. The zero-order chi connectivity index (χ0) is 15.7. The van der Waals surface area contributed by atoms with Crippen LogP contribution in [0.5, 0.6) is 5.75 Å². The van der Waals surface area contributed by atoms with E-state index in [-0.39, 0.29) is 14.5 Å². The van der Waals surface area contributed by atoms with Crippen molar-refractivity contribution >= 4 is 25.9 Å². The molecular weight excluding hydrogens is 370 g/mol. The number of benzene rings is 3. The van der Waals surface area contributed by atoms with Crippen LogP contribution in [0.15, 0.2) is 78.9 Å². The van der Waals surface area contributed by atoms with Crippen LogP contribution in [0, 0.1) is 0 Å². The first-order valence-corrected chi connectivity index (χ1v) is 12.5.